The molecule has 0 saturated heterocycles. The molecule has 1 heterocycles. The summed E-state index contributed by atoms with van der Waals surface area (Å²) in [5, 5.41) is 14.7. The minimum absolute atomic E-state index is 0.0984. The number of benzene rings is 1. The largest absolute Gasteiger partial charge is 0.494 e. The third-order valence-electron chi connectivity index (χ3n) is 2.54. The van der Waals surface area contributed by atoms with E-state index in [2.05, 4.69) is 15.0 Å². The van der Waals surface area contributed by atoms with Gasteiger partial charge in [-0.15, -0.1) is 0 Å². The van der Waals surface area contributed by atoms with Crippen molar-refractivity contribution in [2.45, 2.75) is 13.3 Å². The van der Waals surface area contributed by atoms with Gasteiger partial charge in [0.25, 0.3) is 5.91 Å². The highest BCUT2D eigenvalue weighted by atomic mass is 16.5. The number of aromatic nitrogens is 1. The van der Waals surface area contributed by atoms with E-state index in [1.54, 1.807) is 24.3 Å². The van der Waals surface area contributed by atoms with Crippen LogP contribution in [0, 0.1) is 0 Å². The van der Waals surface area contributed by atoms with Gasteiger partial charge in [0.15, 0.2) is 5.69 Å². The van der Waals surface area contributed by atoms with Crippen LogP contribution in [-0.4, -0.2) is 28.7 Å². The van der Waals surface area contributed by atoms with Crippen LogP contribution in [-0.2, 0) is 0 Å². The van der Waals surface area contributed by atoms with Crippen LogP contribution in [0.4, 0.5) is 5.69 Å². The Kier molecular flexibility index (Phi) is 4.55. The number of nitrogens with one attached hydrogen (secondary N) is 1. The number of hydrogen-bond acceptors (Lipinski definition) is 5. The minimum atomic E-state index is -1.28. The molecule has 7 nitrogen and oxygen atoms in total. The second-order valence-electron chi connectivity index (χ2n) is 4.21. The van der Waals surface area contributed by atoms with E-state index in [-0.39, 0.29) is 11.5 Å². The molecule has 0 aliphatic carbocycles. The standard InChI is InChI=1S/C14H14N2O5/c1-2-7-20-10-5-3-9(4-6-10)15-13(17)11-8-12(14(18)19)21-16-11/h3-6,8H,2,7H2,1H3,(H,15,17)(H,18,19). The molecule has 2 N–H and O–H groups in total. The van der Waals surface area contributed by atoms with Crippen molar-refractivity contribution in [3.8, 4) is 5.75 Å². The lowest BCUT2D eigenvalue weighted by molar-refractivity contribution is 0.0651. The van der Waals surface area contributed by atoms with Gasteiger partial charge in [0.05, 0.1) is 6.61 Å². The molecule has 7 heteroatoms. The van der Waals surface area contributed by atoms with E-state index >= 15 is 0 Å². The molecule has 0 aliphatic heterocycles. The van der Waals surface area contributed by atoms with Crippen molar-refractivity contribution in [3.63, 3.8) is 0 Å². The van der Waals surface area contributed by atoms with E-state index in [9.17, 15) is 9.59 Å². The molecule has 1 amide bonds. The summed E-state index contributed by atoms with van der Waals surface area (Å²) >= 11 is 0. The van der Waals surface area contributed by atoms with Crippen molar-refractivity contribution in [3.05, 3.63) is 41.8 Å². The van der Waals surface area contributed by atoms with Gasteiger partial charge in [-0.1, -0.05) is 12.1 Å². The van der Waals surface area contributed by atoms with Crippen molar-refractivity contribution in [1.29, 1.82) is 0 Å². The molecule has 0 radical (unpaired) electrons. The van der Waals surface area contributed by atoms with Gasteiger partial charge in [-0.25, -0.2) is 4.79 Å². The van der Waals surface area contributed by atoms with Crippen LogP contribution in [0.5, 0.6) is 5.75 Å². The van der Waals surface area contributed by atoms with E-state index in [4.69, 9.17) is 9.84 Å². The third-order valence-corrected chi connectivity index (χ3v) is 2.54. The Hall–Kier alpha value is -2.83. The number of ether oxygens (including phenoxy) is 1. The Morgan fingerprint density at radius 2 is 2.05 bits per heavy atom. The predicted molar refractivity (Wildman–Crippen MR) is 73.6 cm³/mol. The fraction of sp³-hybridized carbons (Fsp3) is 0.214. The van der Waals surface area contributed by atoms with Crippen LogP contribution in [0.25, 0.3) is 0 Å². The zero-order valence-corrected chi connectivity index (χ0v) is 11.3. The average molecular weight is 290 g/mol. The summed E-state index contributed by atoms with van der Waals surface area (Å²) in [6, 6.07) is 7.89. The summed E-state index contributed by atoms with van der Waals surface area (Å²) in [4.78, 5) is 22.5. The highest BCUT2D eigenvalue weighted by Gasteiger charge is 2.16. The van der Waals surface area contributed by atoms with Crippen LogP contribution in [0.2, 0.25) is 0 Å². The van der Waals surface area contributed by atoms with Gasteiger partial charge in [0.2, 0.25) is 5.76 Å². The van der Waals surface area contributed by atoms with E-state index in [1.165, 1.54) is 0 Å². The summed E-state index contributed by atoms with van der Waals surface area (Å²) in [7, 11) is 0. The Labute approximate surface area is 120 Å². The van der Waals surface area contributed by atoms with E-state index in [0.717, 1.165) is 12.5 Å². The Bertz CT molecular complexity index is 633. The van der Waals surface area contributed by atoms with Gasteiger partial charge in [-0.05, 0) is 30.7 Å². The molecule has 21 heavy (non-hydrogen) atoms. The number of aromatic carboxylic acids is 1. The molecule has 0 unspecified atom stereocenters. The number of nitrogens with zero attached hydrogens (tertiary/aromatic N) is 1. The average Bonchev–Trinajstić information content (AvgIpc) is 2.97. The lowest BCUT2D eigenvalue weighted by Gasteiger charge is -2.06. The topological polar surface area (TPSA) is 102 Å². The minimum Gasteiger partial charge on any atom is -0.494 e. The third kappa shape index (κ3) is 3.82. The number of carbonyl (C=O) groups is 2. The summed E-state index contributed by atoms with van der Waals surface area (Å²) < 4.78 is 9.94. The smallest absolute Gasteiger partial charge is 0.374 e. The highest BCUT2D eigenvalue weighted by molar-refractivity contribution is 6.03. The summed E-state index contributed by atoms with van der Waals surface area (Å²) in [6.07, 6.45) is 0.913. The maximum Gasteiger partial charge on any atom is 0.374 e. The predicted octanol–water partition coefficient (Wildman–Crippen LogP) is 2.41. The Balaban J connectivity index is 2.00. The first kappa shape index (κ1) is 14.6. The molecule has 0 bridgehead atoms. The maximum absolute atomic E-state index is 11.8. The molecule has 1 aromatic carbocycles. The van der Waals surface area contributed by atoms with Gasteiger partial charge >= 0.3 is 5.97 Å². The molecule has 0 saturated carbocycles. The first-order valence-electron chi connectivity index (χ1n) is 6.34. The lowest BCUT2D eigenvalue weighted by atomic mass is 10.3. The number of carboxylic acids is 1. The number of rotatable bonds is 6. The zero-order chi connectivity index (χ0) is 15.2. The molecule has 0 aliphatic rings. The molecule has 0 fully saturated rings. The van der Waals surface area contributed by atoms with Crippen molar-refractivity contribution in [2.75, 3.05) is 11.9 Å². The van der Waals surface area contributed by atoms with Crippen LogP contribution >= 0.6 is 0 Å². The van der Waals surface area contributed by atoms with Crippen LogP contribution < -0.4 is 10.1 Å². The fourth-order valence-corrected chi connectivity index (χ4v) is 1.53. The molecular weight excluding hydrogens is 276 g/mol. The van der Waals surface area contributed by atoms with E-state index in [0.29, 0.717) is 18.0 Å². The number of hydrogen-bond donors (Lipinski definition) is 2. The van der Waals surface area contributed by atoms with Crippen molar-refractivity contribution in [1.82, 2.24) is 5.16 Å². The summed E-state index contributed by atoms with van der Waals surface area (Å²) in [5.74, 6) is -1.50. The number of anilines is 1. The van der Waals surface area contributed by atoms with Gasteiger partial charge < -0.3 is 19.7 Å². The molecule has 110 valence electrons. The zero-order valence-electron chi connectivity index (χ0n) is 11.3. The molecule has 2 aromatic rings. The lowest BCUT2D eigenvalue weighted by Crippen LogP contribution is -2.12. The van der Waals surface area contributed by atoms with Crippen molar-refractivity contribution >= 4 is 17.6 Å². The second kappa shape index (κ2) is 6.56. The van der Waals surface area contributed by atoms with E-state index < -0.39 is 11.9 Å². The molecule has 0 atom stereocenters. The molecule has 1 aromatic heterocycles. The SMILES string of the molecule is CCCOc1ccc(NC(=O)c2cc(C(=O)O)on2)cc1. The maximum atomic E-state index is 11.8. The van der Waals surface area contributed by atoms with Crippen molar-refractivity contribution < 1.29 is 24.0 Å². The molecule has 0 spiro atoms. The van der Waals surface area contributed by atoms with Gasteiger partial charge in [0, 0.05) is 11.8 Å². The second-order valence-corrected chi connectivity index (χ2v) is 4.21. The highest BCUT2D eigenvalue weighted by Crippen LogP contribution is 2.16. The van der Waals surface area contributed by atoms with Crippen LogP contribution in [0.1, 0.15) is 34.4 Å². The van der Waals surface area contributed by atoms with Crippen LogP contribution in [0.15, 0.2) is 34.9 Å². The van der Waals surface area contributed by atoms with Gasteiger partial charge in [0.1, 0.15) is 5.75 Å². The Morgan fingerprint density at radius 1 is 1.33 bits per heavy atom. The summed E-state index contributed by atoms with van der Waals surface area (Å²) in [6.45, 7) is 2.64. The number of amides is 1. The molecular formula is C14H14N2O5. The van der Waals surface area contributed by atoms with Gasteiger partial charge in [-0.3, -0.25) is 4.79 Å². The normalized spacial score (nSPS) is 10.1. The number of carbonyl (C=O) groups excluding carboxylic acids is 1. The number of carboxylic acid groups (broad SMARTS) is 1. The first-order chi connectivity index (χ1) is 10.1. The molecule has 2 rings (SSSR count). The summed E-state index contributed by atoms with van der Waals surface area (Å²) in [5.41, 5.74) is 0.447. The fourth-order valence-electron chi connectivity index (χ4n) is 1.53. The monoisotopic (exact) mass is 290 g/mol. The van der Waals surface area contributed by atoms with Crippen molar-refractivity contribution in [2.24, 2.45) is 0 Å². The Morgan fingerprint density at radius 3 is 2.62 bits per heavy atom. The van der Waals surface area contributed by atoms with E-state index in [1.807, 2.05) is 6.92 Å². The quantitative estimate of drug-likeness (QED) is 0.847. The first-order valence-corrected chi connectivity index (χ1v) is 6.34. The van der Waals surface area contributed by atoms with Gasteiger partial charge in [-0.2, -0.15) is 0 Å². The van der Waals surface area contributed by atoms with Crippen LogP contribution in [0.3, 0.4) is 0 Å².